The molecule has 1 saturated carbocycles. The minimum absolute atomic E-state index is 0.171. The van der Waals surface area contributed by atoms with Gasteiger partial charge in [0.25, 0.3) is 0 Å². The fourth-order valence-corrected chi connectivity index (χ4v) is 2.07. The Balaban J connectivity index is 1.88. The molecule has 2 heteroatoms. The normalized spacial score (nSPS) is 31.1. The van der Waals surface area contributed by atoms with Crippen LogP contribution in [0.25, 0.3) is 0 Å². The van der Waals surface area contributed by atoms with Gasteiger partial charge in [0.1, 0.15) is 6.23 Å². The molecule has 1 heterocycles. The van der Waals surface area contributed by atoms with Crippen LogP contribution in [0.5, 0.6) is 0 Å². The van der Waals surface area contributed by atoms with Crippen LogP contribution < -0.4 is 0 Å². The molecule has 1 aliphatic heterocycles. The molecule has 0 aromatic rings. The van der Waals surface area contributed by atoms with Gasteiger partial charge in [-0.05, 0) is 31.1 Å². The van der Waals surface area contributed by atoms with Crippen LogP contribution in [0.2, 0.25) is 0 Å². The third-order valence-corrected chi connectivity index (χ3v) is 3.21. The van der Waals surface area contributed by atoms with Crippen molar-refractivity contribution in [3.8, 4) is 0 Å². The Kier molecular flexibility index (Phi) is 1.69. The van der Waals surface area contributed by atoms with Gasteiger partial charge in [-0.15, -0.1) is 0 Å². The van der Waals surface area contributed by atoms with E-state index in [0.717, 1.165) is 19.5 Å². The van der Waals surface area contributed by atoms with Gasteiger partial charge < -0.3 is 5.11 Å². The molecule has 1 spiro atoms. The van der Waals surface area contributed by atoms with E-state index in [4.69, 9.17) is 0 Å². The van der Waals surface area contributed by atoms with Gasteiger partial charge >= 0.3 is 0 Å². The summed E-state index contributed by atoms with van der Waals surface area (Å²) in [5.41, 5.74) is 0.663. The lowest BCUT2D eigenvalue weighted by molar-refractivity contribution is 0.0145. The van der Waals surface area contributed by atoms with Crippen molar-refractivity contribution >= 4 is 0 Å². The maximum atomic E-state index is 9.54. The molecule has 1 N–H and O–H groups in total. The topological polar surface area (TPSA) is 23.5 Å². The Morgan fingerprint density at radius 2 is 2.18 bits per heavy atom. The highest BCUT2D eigenvalue weighted by molar-refractivity contribution is 5.00. The maximum Gasteiger partial charge on any atom is 0.107 e. The van der Waals surface area contributed by atoms with Gasteiger partial charge in [-0.1, -0.05) is 6.92 Å². The van der Waals surface area contributed by atoms with Gasteiger partial charge in [-0.3, -0.25) is 4.90 Å². The lowest BCUT2D eigenvalue weighted by Crippen LogP contribution is -2.32. The van der Waals surface area contributed by atoms with Crippen molar-refractivity contribution in [2.24, 2.45) is 5.41 Å². The Hall–Kier alpha value is -0.0800. The highest BCUT2D eigenvalue weighted by Gasteiger charge is 2.48. The summed E-state index contributed by atoms with van der Waals surface area (Å²) < 4.78 is 0. The Morgan fingerprint density at radius 3 is 2.64 bits per heavy atom. The smallest absolute Gasteiger partial charge is 0.107 e. The van der Waals surface area contributed by atoms with Crippen molar-refractivity contribution in [3.63, 3.8) is 0 Å². The number of hydrogen-bond donors (Lipinski definition) is 1. The van der Waals surface area contributed by atoms with Crippen LogP contribution in [0.4, 0.5) is 0 Å². The molecule has 2 fully saturated rings. The third-order valence-electron chi connectivity index (χ3n) is 3.21. The minimum Gasteiger partial charge on any atom is -0.378 e. The minimum atomic E-state index is -0.171. The molecular formula is C9H17NO. The van der Waals surface area contributed by atoms with Gasteiger partial charge in [0.2, 0.25) is 0 Å². The SMILES string of the molecule is CCC(O)N1CCC2(CC2)C1. The molecule has 1 aliphatic carbocycles. The molecule has 2 rings (SSSR count). The summed E-state index contributed by atoms with van der Waals surface area (Å²) in [5.74, 6) is 0. The second-order valence-electron chi connectivity index (χ2n) is 4.11. The van der Waals surface area contributed by atoms with Gasteiger partial charge in [0.05, 0.1) is 0 Å². The first-order chi connectivity index (χ1) is 5.26. The Morgan fingerprint density at radius 1 is 1.45 bits per heavy atom. The standard InChI is InChI=1S/C9H17NO/c1-2-8(11)10-6-5-9(7-10)3-4-9/h8,11H,2-7H2,1H3. The van der Waals surface area contributed by atoms with E-state index in [1.165, 1.54) is 19.3 Å². The van der Waals surface area contributed by atoms with Crippen LogP contribution in [0.3, 0.4) is 0 Å². The Labute approximate surface area is 68.2 Å². The van der Waals surface area contributed by atoms with Crippen molar-refractivity contribution in [1.82, 2.24) is 4.90 Å². The number of aliphatic hydroxyl groups is 1. The van der Waals surface area contributed by atoms with E-state index in [0.29, 0.717) is 5.41 Å². The quantitative estimate of drug-likeness (QED) is 0.647. The molecule has 2 aliphatic rings. The first-order valence-corrected chi connectivity index (χ1v) is 4.68. The van der Waals surface area contributed by atoms with E-state index < -0.39 is 0 Å². The van der Waals surface area contributed by atoms with E-state index in [9.17, 15) is 5.11 Å². The summed E-state index contributed by atoms with van der Waals surface area (Å²) in [5, 5.41) is 9.54. The molecular weight excluding hydrogens is 138 g/mol. The number of aliphatic hydroxyl groups excluding tert-OH is 1. The number of nitrogens with zero attached hydrogens (tertiary/aromatic N) is 1. The van der Waals surface area contributed by atoms with Crippen LogP contribution in [-0.4, -0.2) is 29.3 Å². The zero-order valence-corrected chi connectivity index (χ0v) is 7.21. The summed E-state index contributed by atoms with van der Waals surface area (Å²) in [4.78, 5) is 2.23. The molecule has 0 aromatic heterocycles. The van der Waals surface area contributed by atoms with Gasteiger partial charge in [-0.2, -0.15) is 0 Å². The van der Waals surface area contributed by atoms with E-state index in [1.807, 2.05) is 6.92 Å². The summed E-state index contributed by atoms with van der Waals surface area (Å²) in [7, 11) is 0. The van der Waals surface area contributed by atoms with E-state index in [2.05, 4.69) is 4.90 Å². The number of hydrogen-bond acceptors (Lipinski definition) is 2. The van der Waals surface area contributed by atoms with Gasteiger partial charge in [-0.25, -0.2) is 0 Å². The molecule has 64 valence electrons. The predicted molar refractivity (Wildman–Crippen MR) is 44.2 cm³/mol. The first-order valence-electron chi connectivity index (χ1n) is 4.68. The first kappa shape index (κ1) is 7.56. The molecule has 1 unspecified atom stereocenters. The molecule has 0 bridgehead atoms. The third kappa shape index (κ3) is 1.30. The summed E-state index contributed by atoms with van der Waals surface area (Å²) in [6.07, 6.45) is 4.83. The largest absolute Gasteiger partial charge is 0.378 e. The van der Waals surface area contributed by atoms with Crippen LogP contribution in [-0.2, 0) is 0 Å². The molecule has 2 nitrogen and oxygen atoms in total. The molecule has 1 atom stereocenters. The lowest BCUT2D eigenvalue weighted by Gasteiger charge is -2.21. The van der Waals surface area contributed by atoms with Crippen molar-refractivity contribution < 1.29 is 5.11 Å². The van der Waals surface area contributed by atoms with Crippen LogP contribution in [0, 0.1) is 5.41 Å². The lowest BCUT2D eigenvalue weighted by atomic mass is 10.1. The number of likely N-dealkylation sites (tertiary alicyclic amines) is 1. The average molecular weight is 155 g/mol. The predicted octanol–water partition coefficient (Wildman–Crippen LogP) is 1.20. The van der Waals surface area contributed by atoms with Crippen LogP contribution in [0.1, 0.15) is 32.6 Å². The molecule has 0 amide bonds. The van der Waals surface area contributed by atoms with E-state index in [-0.39, 0.29) is 6.23 Å². The van der Waals surface area contributed by atoms with Gasteiger partial charge in [0, 0.05) is 13.1 Å². The van der Waals surface area contributed by atoms with Crippen LogP contribution >= 0.6 is 0 Å². The zero-order valence-electron chi connectivity index (χ0n) is 7.21. The number of rotatable bonds is 2. The highest BCUT2D eigenvalue weighted by atomic mass is 16.3. The molecule has 11 heavy (non-hydrogen) atoms. The molecule has 0 radical (unpaired) electrons. The van der Waals surface area contributed by atoms with Crippen LogP contribution in [0.15, 0.2) is 0 Å². The monoisotopic (exact) mass is 155 g/mol. The van der Waals surface area contributed by atoms with Crippen molar-refractivity contribution in [2.75, 3.05) is 13.1 Å². The second-order valence-corrected chi connectivity index (χ2v) is 4.11. The van der Waals surface area contributed by atoms with E-state index >= 15 is 0 Å². The zero-order chi connectivity index (χ0) is 7.90. The summed E-state index contributed by atoms with van der Waals surface area (Å²) in [6, 6.07) is 0. The second kappa shape index (κ2) is 2.46. The summed E-state index contributed by atoms with van der Waals surface area (Å²) in [6.45, 7) is 4.32. The molecule has 0 aromatic carbocycles. The van der Waals surface area contributed by atoms with Crippen molar-refractivity contribution in [2.45, 2.75) is 38.8 Å². The molecule has 1 saturated heterocycles. The summed E-state index contributed by atoms with van der Waals surface area (Å²) >= 11 is 0. The van der Waals surface area contributed by atoms with Crippen molar-refractivity contribution in [3.05, 3.63) is 0 Å². The van der Waals surface area contributed by atoms with Crippen molar-refractivity contribution in [1.29, 1.82) is 0 Å². The highest BCUT2D eigenvalue weighted by Crippen LogP contribution is 2.52. The average Bonchev–Trinajstić information content (AvgIpc) is 2.61. The fraction of sp³-hybridized carbons (Fsp3) is 1.00. The van der Waals surface area contributed by atoms with E-state index in [1.54, 1.807) is 0 Å². The van der Waals surface area contributed by atoms with Gasteiger partial charge in [0.15, 0.2) is 0 Å². The fourth-order valence-electron chi connectivity index (χ4n) is 2.07. The Bertz CT molecular complexity index is 154. The maximum absolute atomic E-state index is 9.54.